The number of alkyl halides is 1. The van der Waals surface area contributed by atoms with Crippen molar-refractivity contribution in [3.63, 3.8) is 0 Å². The number of nitrogens with one attached hydrogen (secondary N) is 3. The van der Waals surface area contributed by atoms with E-state index in [1.54, 1.807) is 0 Å². The van der Waals surface area contributed by atoms with Crippen LogP contribution in [0.25, 0.3) is 5.65 Å². The summed E-state index contributed by atoms with van der Waals surface area (Å²) in [4.78, 5) is 21.6. The van der Waals surface area contributed by atoms with Crippen molar-refractivity contribution in [3.8, 4) is 0 Å². The fourth-order valence-electron chi connectivity index (χ4n) is 3.27. The van der Waals surface area contributed by atoms with Crippen molar-refractivity contribution in [2.24, 2.45) is 0 Å². The number of anilines is 3. The van der Waals surface area contributed by atoms with Gasteiger partial charge in [0.25, 0.3) is 0 Å². The van der Waals surface area contributed by atoms with Crippen LogP contribution in [0, 0.1) is 0 Å². The molecule has 3 aromatic heterocycles. The summed E-state index contributed by atoms with van der Waals surface area (Å²) in [5.41, 5.74) is 3.43. The number of halogens is 1. The molecule has 1 aliphatic rings. The number of carbonyl (C=O) groups excluding carboxylic acids is 1. The minimum absolute atomic E-state index is 0.0964. The van der Waals surface area contributed by atoms with Crippen molar-refractivity contribution in [2.75, 3.05) is 10.6 Å². The highest BCUT2D eigenvalue weighted by molar-refractivity contribution is 7.99. The number of H-pyrrole nitrogens is 1. The average molecular weight is 454 g/mol. The Morgan fingerprint density at radius 3 is 2.77 bits per heavy atom. The molecule has 0 aliphatic heterocycles. The van der Waals surface area contributed by atoms with Crippen LogP contribution in [0.3, 0.4) is 0 Å². The summed E-state index contributed by atoms with van der Waals surface area (Å²) >= 11 is 7.52. The highest BCUT2D eigenvalue weighted by atomic mass is 35.5. The number of fused-ring (bicyclic) bond motifs is 1. The zero-order chi connectivity index (χ0) is 21.4. The Morgan fingerprint density at radius 2 is 2.06 bits per heavy atom. The molecule has 0 spiro atoms. The third kappa shape index (κ3) is 4.52. The van der Waals surface area contributed by atoms with Gasteiger partial charge in [0.15, 0.2) is 5.82 Å². The molecule has 0 atom stereocenters. The van der Waals surface area contributed by atoms with Crippen LogP contribution in [-0.2, 0) is 10.7 Å². The predicted molar refractivity (Wildman–Crippen MR) is 121 cm³/mol. The van der Waals surface area contributed by atoms with Crippen molar-refractivity contribution in [1.82, 2.24) is 24.6 Å². The molecular weight excluding hydrogens is 434 g/mol. The molecule has 0 bridgehead atoms. The average Bonchev–Trinajstić information content (AvgIpc) is 3.34. The van der Waals surface area contributed by atoms with E-state index in [4.69, 9.17) is 16.6 Å². The van der Waals surface area contributed by atoms with Gasteiger partial charge in [-0.05, 0) is 37.1 Å². The van der Waals surface area contributed by atoms with Gasteiger partial charge in [0.1, 0.15) is 10.7 Å². The van der Waals surface area contributed by atoms with Crippen molar-refractivity contribution in [3.05, 3.63) is 54.0 Å². The number of hydrogen-bond acceptors (Lipinski definition) is 6. The molecule has 1 amide bonds. The first kappa shape index (κ1) is 19.9. The number of nitrogens with zero attached hydrogens (tertiary/aromatic N) is 4. The van der Waals surface area contributed by atoms with E-state index in [1.807, 2.05) is 47.0 Å². The number of benzene rings is 1. The van der Waals surface area contributed by atoms with E-state index < -0.39 is 0 Å². The molecular formula is C21H20ClN7OS. The Bertz CT molecular complexity index is 1250. The first-order chi connectivity index (χ1) is 15.1. The maximum absolute atomic E-state index is 11.2. The third-order valence-corrected chi connectivity index (χ3v) is 6.07. The van der Waals surface area contributed by atoms with Crippen LogP contribution >= 0.6 is 23.4 Å². The maximum Gasteiger partial charge on any atom is 0.221 e. The van der Waals surface area contributed by atoms with E-state index in [9.17, 15) is 4.79 Å². The van der Waals surface area contributed by atoms with E-state index in [0.717, 1.165) is 38.5 Å². The van der Waals surface area contributed by atoms with Crippen molar-refractivity contribution >= 4 is 52.4 Å². The quantitative estimate of drug-likeness (QED) is 0.271. The molecule has 0 unspecified atom stereocenters. The van der Waals surface area contributed by atoms with E-state index in [-0.39, 0.29) is 5.91 Å². The van der Waals surface area contributed by atoms with Crippen LogP contribution in [0.15, 0.2) is 52.5 Å². The molecule has 0 saturated heterocycles. The number of imidazole rings is 1. The zero-order valence-corrected chi connectivity index (χ0v) is 18.3. The van der Waals surface area contributed by atoms with E-state index >= 15 is 0 Å². The molecule has 1 aliphatic carbocycles. The van der Waals surface area contributed by atoms with Crippen molar-refractivity contribution in [2.45, 2.75) is 41.5 Å². The summed E-state index contributed by atoms with van der Waals surface area (Å²) in [6, 6.07) is 11.6. The number of hydrogen-bond donors (Lipinski definition) is 3. The van der Waals surface area contributed by atoms with Gasteiger partial charge in [-0.1, -0.05) is 11.8 Å². The molecule has 1 fully saturated rings. The zero-order valence-electron chi connectivity index (χ0n) is 16.7. The predicted octanol–water partition coefficient (Wildman–Crippen LogP) is 4.92. The molecule has 10 heteroatoms. The minimum atomic E-state index is -0.0964. The lowest BCUT2D eigenvalue weighted by atomic mass is 10.3. The molecule has 3 heterocycles. The number of rotatable bonds is 7. The Morgan fingerprint density at radius 1 is 1.26 bits per heavy atom. The monoisotopic (exact) mass is 453 g/mol. The SMILES string of the molecule is CC(=O)Nc1ccc(Sc2cc3nc(CCl)cn3c(Nc3cc(C4CC4)[nH]n3)n2)cc1. The lowest BCUT2D eigenvalue weighted by Crippen LogP contribution is -2.05. The van der Waals surface area contributed by atoms with Crippen LogP contribution in [0.2, 0.25) is 0 Å². The minimum Gasteiger partial charge on any atom is -0.326 e. The summed E-state index contributed by atoms with van der Waals surface area (Å²) in [6.45, 7) is 1.49. The highest BCUT2D eigenvalue weighted by Crippen LogP contribution is 2.39. The Kier molecular flexibility index (Phi) is 5.29. The maximum atomic E-state index is 11.2. The number of amides is 1. The van der Waals surface area contributed by atoms with Gasteiger partial charge in [0.2, 0.25) is 11.9 Å². The standard InChI is InChI=1S/C21H20ClN7OS/c1-12(30)23-14-4-6-16(7-5-14)31-20-9-19-24-15(10-22)11-29(19)21(26-20)25-18-8-17(27-28-18)13-2-3-13/h4-9,11,13H,2-3,10H2,1H3,(H,23,30)(H2,25,26,27,28). The van der Waals surface area contributed by atoms with Gasteiger partial charge in [-0.15, -0.1) is 11.6 Å². The lowest BCUT2D eigenvalue weighted by molar-refractivity contribution is -0.114. The van der Waals surface area contributed by atoms with E-state index in [2.05, 4.69) is 25.8 Å². The first-order valence-corrected chi connectivity index (χ1v) is 11.3. The molecule has 158 valence electrons. The van der Waals surface area contributed by atoms with Crippen LogP contribution in [-0.4, -0.2) is 30.5 Å². The number of aromatic amines is 1. The van der Waals surface area contributed by atoms with Crippen LogP contribution in [0.5, 0.6) is 0 Å². The van der Waals surface area contributed by atoms with Gasteiger partial charge in [-0.25, -0.2) is 9.97 Å². The molecule has 8 nitrogen and oxygen atoms in total. The second kappa shape index (κ2) is 8.24. The molecule has 0 radical (unpaired) electrons. The molecule has 3 N–H and O–H groups in total. The van der Waals surface area contributed by atoms with E-state index in [0.29, 0.717) is 17.7 Å². The van der Waals surface area contributed by atoms with Gasteiger partial charge in [-0.3, -0.25) is 14.3 Å². The van der Waals surface area contributed by atoms with Crippen LogP contribution < -0.4 is 10.6 Å². The van der Waals surface area contributed by atoms with Gasteiger partial charge < -0.3 is 10.6 Å². The smallest absolute Gasteiger partial charge is 0.221 e. The van der Waals surface area contributed by atoms with Gasteiger partial charge >= 0.3 is 0 Å². The largest absolute Gasteiger partial charge is 0.326 e. The fourth-order valence-corrected chi connectivity index (χ4v) is 4.21. The van der Waals surface area contributed by atoms with Gasteiger partial charge in [-0.2, -0.15) is 5.10 Å². The lowest BCUT2D eigenvalue weighted by Gasteiger charge is -2.09. The summed E-state index contributed by atoms with van der Waals surface area (Å²) in [6.07, 6.45) is 4.29. The van der Waals surface area contributed by atoms with Crippen LogP contribution in [0.4, 0.5) is 17.5 Å². The van der Waals surface area contributed by atoms with Crippen molar-refractivity contribution in [1.29, 1.82) is 0 Å². The Hall–Kier alpha value is -3.04. The first-order valence-electron chi connectivity index (χ1n) is 9.90. The molecule has 1 aromatic carbocycles. The van der Waals surface area contributed by atoms with Gasteiger partial charge in [0.05, 0.1) is 11.6 Å². The second-order valence-electron chi connectivity index (χ2n) is 7.43. The Balaban J connectivity index is 1.44. The number of aromatic nitrogens is 5. The fraction of sp³-hybridized carbons (Fsp3) is 0.238. The second-order valence-corrected chi connectivity index (χ2v) is 8.79. The Labute approximate surface area is 187 Å². The summed E-state index contributed by atoms with van der Waals surface area (Å²) in [5.74, 6) is 2.16. The van der Waals surface area contributed by atoms with Gasteiger partial charge in [0, 0.05) is 47.4 Å². The molecule has 4 aromatic rings. The highest BCUT2D eigenvalue weighted by Gasteiger charge is 2.25. The molecule has 31 heavy (non-hydrogen) atoms. The summed E-state index contributed by atoms with van der Waals surface area (Å²) < 4.78 is 1.88. The summed E-state index contributed by atoms with van der Waals surface area (Å²) in [5, 5.41) is 14.3. The third-order valence-electron chi connectivity index (χ3n) is 4.87. The molecule has 5 rings (SSSR count). The van der Waals surface area contributed by atoms with Crippen LogP contribution in [0.1, 0.15) is 37.1 Å². The van der Waals surface area contributed by atoms with E-state index in [1.165, 1.54) is 31.5 Å². The van der Waals surface area contributed by atoms with Crippen molar-refractivity contribution < 1.29 is 4.79 Å². The topological polar surface area (TPSA) is 100 Å². The summed E-state index contributed by atoms with van der Waals surface area (Å²) in [7, 11) is 0. The molecule has 1 saturated carbocycles. The normalized spacial score (nSPS) is 13.5. The number of carbonyl (C=O) groups is 1.